The molecule has 0 spiro atoms. The molecule has 172 valence electrons. The van der Waals surface area contributed by atoms with Gasteiger partial charge in [0.25, 0.3) is 11.8 Å². The standard InChI is InChI=1S/C25H22N4O4S/c1-16-23(17(2)29(28-16)20-10-4-3-5-11-20)27-22(30)15-33-25(32)18-8-6-9-19(14-18)26-24(31)21-12-7-13-34-21/h3-14H,15H2,1-2H3,(H,26,31)(H,27,30). The van der Waals surface area contributed by atoms with Crippen LogP contribution in [-0.2, 0) is 9.53 Å². The van der Waals surface area contributed by atoms with Crippen LogP contribution in [0.2, 0.25) is 0 Å². The summed E-state index contributed by atoms with van der Waals surface area (Å²) in [5.74, 6) is -1.41. The summed E-state index contributed by atoms with van der Waals surface area (Å²) in [5.41, 5.74) is 3.54. The molecule has 2 aromatic carbocycles. The number of amides is 2. The Labute approximate surface area is 200 Å². The van der Waals surface area contributed by atoms with Crippen LogP contribution in [0.25, 0.3) is 5.69 Å². The molecule has 2 amide bonds. The Kier molecular flexibility index (Phi) is 6.84. The first-order valence-corrected chi connectivity index (χ1v) is 11.3. The average molecular weight is 475 g/mol. The quantitative estimate of drug-likeness (QED) is 0.381. The lowest BCUT2D eigenvalue weighted by molar-refractivity contribution is -0.119. The van der Waals surface area contributed by atoms with Crippen molar-refractivity contribution in [2.45, 2.75) is 13.8 Å². The van der Waals surface area contributed by atoms with Crippen LogP contribution in [0.3, 0.4) is 0 Å². The highest BCUT2D eigenvalue weighted by molar-refractivity contribution is 7.12. The van der Waals surface area contributed by atoms with Gasteiger partial charge in [-0.2, -0.15) is 5.10 Å². The molecule has 0 saturated carbocycles. The summed E-state index contributed by atoms with van der Waals surface area (Å²) in [6.07, 6.45) is 0. The van der Waals surface area contributed by atoms with E-state index in [0.717, 1.165) is 11.4 Å². The summed E-state index contributed by atoms with van der Waals surface area (Å²) in [5, 5.41) is 11.8. The molecule has 0 radical (unpaired) electrons. The number of para-hydroxylation sites is 1. The van der Waals surface area contributed by atoms with E-state index in [1.807, 2.05) is 42.6 Å². The molecule has 0 atom stereocenters. The normalized spacial score (nSPS) is 10.5. The summed E-state index contributed by atoms with van der Waals surface area (Å²) >= 11 is 1.32. The Bertz CT molecular complexity index is 1330. The number of carbonyl (C=O) groups is 3. The van der Waals surface area contributed by atoms with Crippen molar-refractivity contribution in [1.29, 1.82) is 0 Å². The second-order valence-corrected chi connectivity index (χ2v) is 8.38. The molecule has 4 rings (SSSR count). The Morgan fingerprint density at radius 1 is 0.971 bits per heavy atom. The maximum absolute atomic E-state index is 12.5. The van der Waals surface area contributed by atoms with Crippen molar-refractivity contribution in [1.82, 2.24) is 9.78 Å². The smallest absolute Gasteiger partial charge is 0.338 e. The fourth-order valence-electron chi connectivity index (χ4n) is 3.36. The summed E-state index contributed by atoms with van der Waals surface area (Å²) < 4.78 is 6.92. The fraction of sp³-hybridized carbons (Fsp3) is 0.120. The summed E-state index contributed by atoms with van der Waals surface area (Å²) in [4.78, 5) is 37.7. The lowest BCUT2D eigenvalue weighted by Crippen LogP contribution is -2.21. The van der Waals surface area contributed by atoms with Crippen molar-refractivity contribution < 1.29 is 19.1 Å². The van der Waals surface area contributed by atoms with Gasteiger partial charge in [-0.3, -0.25) is 9.59 Å². The maximum atomic E-state index is 12.5. The number of ether oxygens (including phenoxy) is 1. The van der Waals surface area contributed by atoms with Crippen molar-refractivity contribution in [3.05, 3.63) is 93.9 Å². The number of anilines is 2. The Morgan fingerprint density at radius 2 is 1.76 bits per heavy atom. The van der Waals surface area contributed by atoms with Crippen molar-refractivity contribution in [2.75, 3.05) is 17.2 Å². The highest BCUT2D eigenvalue weighted by atomic mass is 32.1. The zero-order valence-electron chi connectivity index (χ0n) is 18.6. The number of hydrogen-bond acceptors (Lipinski definition) is 6. The largest absolute Gasteiger partial charge is 0.452 e. The molecular formula is C25H22N4O4S. The van der Waals surface area contributed by atoms with Gasteiger partial charge < -0.3 is 15.4 Å². The van der Waals surface area contributed by atoms with E-state index in [1.54, 1.807) is 41.9 Å². The number of aromatic nitrogens is 2. The summed E-state index contributed by atoms with van der Waals surface area (Å²) in [6, 6.07) is 19.4. The number of aryl methyl sites for hydroxylation is 1. The minimum Gasteiger partial charge on any atom is -0.452 e. The van der Waals surface area contributed by atoms with E-state index in [2.05, 4.69) is 15.7 Å². The number of hydrogen-bond donors (Lipinski definition) is 2. The minimum absolute atomic E-state index is 0.223. The lowest BCUT2D eigenvalue weighted by Gasteiger charge is -2.09. The van der Waals surface area contributed by atoms with E-state index in [4.69, 9.17) is 4.74 Å². The molecule has 0 aliphatic rings. The zero-order chi connectivity index (χ0) is 24.1. The number of rotatable bonds is 7. The molecule has 8 nitrogen and oxygen atoms in total. The van der Waals surface area contributed by atoms with Crippen LogP contribution in [0.5, 0.6) is 0 Å². The van der Waals surface area contributed by atoms with Crippen LogP contribution in [0.4, 0.5) is 11.4 Å². The molecule has 34 heavy (non-hydrogen) atoms. The van der Waals surface area contributed by atoms with Gasteiger partial charge in [-0.1, -0.05) is 30.3 Å². The van der Waals surface area contributed by atoms with E-state index in [1.165, 1.54) is 17.4 Å². The van der Waals surface area contributed by atoms with Gasteiger partial charge in [0.2, 0.25) is 0 Å². The van der Waals surface area contributed by atoms with Gasteiger partial charge in [0, 0.05) is 5.69 Å². The Balaban J connectivity index is 1.36. The number of nitrogens with zero attached hydrogens (tertiary/aromatic N) is 2. The van der Waals surface area contributed by atoms with Crippen LogP contribution >= 0.6 is 11.3 Å². The first-order valence-electron chi connectivity index (χ1n) is 10.5. The number of esters is 1. The number of carbonyl (C=O) groups excluding carboxylic acids is 3. The van der Waals surface area contributed by atoms with E-state index >= 15 is 0 Å². The van der Waals surface area contributed by atoms with Crippen LogP contribution in [0.1, 0.15) is 31.4 Å². The molecule has 0 bridgehead atoms. The van der Waals surface area contributed by atoms with Crippen molar-refractivity contribution in [3.8, 4) is 5.69 Å². The fourth-order valence-corrected chi connectivity index (χ4v) is 3.98. The third-order valence-corrected chi connectivity index (χ3v) is 5.86. The molecule has 2 heterocycles. The highest BCUT2D eigenvalue weighted by Crippen LogP contribution is 2.23. The summed E-state index contributed by atoms with van der Waals surface area (Å²) in [7, 11) is 0. The van der Waals surface area contributed by atoms with Crippen molar-refractivity contribution in [3.63, 3.8) is 0 Å². The summed E-state index contributed by atoms with van der Waals surface area (Å²) in [6.45, 7) is 3.19. The second kappa shape index (κ2) is 10.1. The van der Waals surface area contributed by atoms with Gasteiger partial charge in [-0.15, -0.1) is 11.3 Å². The predicted molar refractivity (Wildman–Crippen MR) is 131 cm³/mol. The molecular weight excluding hydrogens is 452 g/mol. The topological polar surface area (TPSA) is 102 Å². The first kappa shape index (κ1) is 22.9. The molecule has 0 aliphatic heterocycles. The van der Waals surface area contributed by atoms with E-state index < -0.39 is 18.5 Å². The Morgan fingerprint density at radius 3 is 2.50 bits per heavy atom. The molecule has 4 aromatic rings. The number of benzene rings is 2. The van der Waals surface area contributed by atoms with Gasteiger partial charge >= 0.3 is 5.97 Å². The molecule has 2 aromatic heterocycles. The second-order valence-electron chi connectivity index (χ2n) is 7.43. The maximum Gasteiger partial charge on any atom is 0.338 e. The first-order chi connectivity index (χ1) is 16.4. The predicted octanol–water partition coefficient (Wildman–Crippen LogP) is 4.60. The Hall–Kier alpha value is -4.24. The van der Waals surface area contributed by atoms with E-state index in [0.29, 0.717) is 21.9 Å². The van der Waals surface area contributed by atoms with Crippen LogP contribution in [0, 0.1) is 13.8 Å². The SMILES string of the molecule is Cc1nn(-c2ccccc2)c(C)c1NC(=O)COC(=O)c1cccc(NC(=O)c2cccs2)c1. The molecule has 0 unspecified atom stereocenters. The van der Waals surface area contributed by atoms with Gasteiger partial charge in [-0.05, 0) is 55.6 Å². The highest BCUT2D eigenvalue weighted by Gasteiger charge is 2.17. The van der Waals surface area contributed by atoms with Crippen LogP contribution in [-0.4, -0.2) is 34.2 Å². The molecule has 0 aliphatic carbocycles. The van der Waals surface area contributed by atoms with Gasteiger partial charge in [-0.25, -0.2) is 9.48 Å². The lowest BCUT2D eigenvalue weighted by atomic mass is 10.2. The average Bonchev–Trinajstić information content (AvgIpc) is 3.48. The zero-order valence-corrected chi connectivity index (χ0v) is 19.4. The van der Waals surface area contributed by atoms with E-state index in [9.17, 15) is 14.4 Å². The van der Waals surface area contributed by atoms with Crippen molar-refractivity contribution in [2.24, 2.45) is 0 Å². The molecule has 2 N–H and O–H groups in total. The third-order valence-electron chi connectivity index (χ3n) is 4.99. The van der Waals surface area contributed by atoms with Gasteiger partial charge in [0.15, 0.2) is 6.61 Å². The van der Waals surface area contributed by atoms with Crippen LogP contribution < -0.4 is 10.6 Å². The van der Waals surface area contributed by atoms with Crippen LogP contribution in [0.15, 0.2) is 72.1 Å². The molecule has 9 heteroatoms. The van der Waals surface area contributed by atoms with Gasteiger partial charge in [0.1, 0.15) is 0 Å². The van der Waals surface area contributed by atoms with E-state index in [-0.39, 0.29) is 11.5 Å². The minimum atomic E-state index is -0.671. The third kappa shape index (κ3) is 5.21. The number of nitrogens with one attached hydrogen (secondary N) is 2. The molecule has 0 fully saturated rings. The van der Waals surface area contributed by atoms with Gasteiger partial charge in [0.05, 0.1) is 33.2 Å². The van der Waals surface area contributed by atoms with Crippen molar-refractivity contribution >= 4 is 40.5 Å². The molecule has 0 saturated heterocycles. The number of thiophene rings is 1. The monoisotopic (exact) mass is 474 g/mol.